The lowest BCUT2D eigenvalue weighted by Gasteiger charge is -2.23. The Kier molecular flexibility index (Phi) is 3.71. The second-order valence-corrected chi connectivity index (χ2v) is 4.45. The Hall–Kier alpha value is -1.76. The van der Waals surface area contributed by atoms with E-state index in [0.717, 1.165) is 25.9 Å². The summed E-state index contributed by atoms with van der Waals surface area (Å²) in [5.74, 6) is 0.138. The first-order chi connectivity index (χ1) is 8.59. The van der Waals surface area contributed by atoms with E-state index in [9.17, 15) is 9.59 Å². The van der Waals surface area contributed by atoms with Crippen molar-refractivity contribution in [2.45, 2.75) is 25.4 Å². The van der Waals surface area contributed by atoms with E-state index >= 15 is 0 Å². The normalized spacial score (nSPS) is 19.7. The fourth-order valence-electron chi connectivity index (χ4n) is 1.99. The molecular formula is C11H18N4O3. The van der Waals surface area contributed by atoms with E-state index in [1.807, 2.05) is 0 Å². The summed E-state index contributed by atoms with van der Waals surface area (Å²) in [4.78, 5) is 25.1. The van der Waals surface area contributed by atoms with E-state index < -0.39 is 11.2 Å². The Bertz CT molecular complexity index is 528. The van der Waals surface area contributed by atoms with Crippen LogP contribution < -0.4 is 22.3 Å². The molecule has 1 aromatic heterocycles. The Morgan fingerprint density at radius 2 is 2.28 bits per heavy atom. The summed E-state index contributed by atoms with van der Waals surface area (Å²) in [6.07, 6.45) is 3.27. The topological polar surface area (TPSA) is 102 Å². The molecule has 4 N–H and O–H groups in total. The molecule has 18 heavy (non-hydrogen) atoms. The van der Waals surface area contributed by atoms with Gasteiger partial charge in [-0.1, -0.05) is 0 Å². The van der Waals surface area contributed by atoms with Crippen molar-refractivity contribution < 1.29 is 4.74 Å². The predicted octanol–water partition coefficient (Wildman–Crippen LogP) is -0.363. The molecule has 1 fully saturated rings. The number of ether oxygens (including phenoxy) is 1. The molecule has 100 valence electrons. The Labute approximate surface area is 104 Å². The van der Waals surface area contributed by atoms with Crippen LogP contribution in [0, 0.1) is 0 Å². The van der Waals surface area contributed by atoms with Crippen LogP contribution in [0.15, 0.2) is 9.59 Å². The summed E-state index contributed by atoms with van der Waals surface area (Å²) in [5, 5.41) is 2.97. The number of hydrogen-bond acceptors (Lipinski definition) is 5. The second-order valence-electron chi connectivity index (χ2n) is 4.45. The highest BCUT2D eigenvalue weighted by Gasteiger charge is 2.16. The predicted molar refractivity (Wildman–Crippen MR) is 68.8 cm³/mol. The van der Waals surface area contributed by atoms with Crippen molar-refractivity contribution in [3.63, 3.8) is 0 Å². The molecule has 7 heteroatoms. The average Bonchev–Trinajstić information content (AvgIpc) is 2.37. The quantitative estimate of drug-likeness (QED) is 0.683. The molecule has 0 spiro atoms. The number of rotatable bonds is 3. The molecule has 2 rings (SSSR count). The van der Waals surface area contributed by atoms with Gasteiger partial charge in [0.15, 0.2) is 0 Å². The van der Waals surface area contributed by atoms with Gasteiger partial charge in [0.2, 0.25) is 0 Å². The first-order valence-electron chi connectivity index (χ1n) is 6.04. The summed E-state index contributed by atoms with van der Waals surface area (Å²) >= 11 is 0. The van der Waals surface area contributed by atoms with Crippen LogP contribution in [-0.2, 0) is 11.8 Å². The zero-order valence-corrected chi connectivity index (χ0v) is 10.4. The van der Waals surface area contributed by atoms with Gasteiger partial charge >= 0.3 is 5.69 Å². The number of nitrogens with zero attached hydrogens (tertiary/aromatic N) is 1. The van der Waals surface area contributed by atoms with Gasteiger partial charge in [0.1, 0.15) is 11.5 Å². The Morgan fingerprint density at radius 1 is 1.50 bits per heavy atom. The molecule has 1 atom stereocenters. The van der Waals surface area contributed by atoms with Crippen molar-refractivity contribution >= 4 is 11.5 Å². The SMILES string of the molecule is Cn1c(N)c(NCC2CCCCO2)c(=O)[nH]c1=O. The smallest absolute Gasteiger partial charge is 0.329 e. The van der Waals surface area contributed by atoms with Crippen molar-refractivity contribution in [3.05, 3.63) is 20.8 Å². The number of nitrogens with two attached hydrogens (primary N) is 1. The van der Waals surface area contributed by atoms with Crippen molar-refractivity contribution in [3.8, 4) is 0 Å². The number of aromatic amines is 1. The monoisotopic (exact) mass is 254 g/mol. The fraction of sp³-hybridized carbons (Fsp3) is 0.636. The van der Waals surface area contributed by atoms with Gasteiger partial charge in [0.25, 0.3) is 5.56 Å². The average molecular weight is 254 g/mol. The largest absolute Gasteiger partial charge is 0.383 e. The zero-order valence-electron chi connectivity index (χ0n) is 10.4. The van der Waals surface area contributed by atoms with Gasteiger partial charge in [-0.3, -0.25) is 14.3 Å². The molecule has 0 saturated carbocycles. The van der Waals surface area contributed by atoms with Gasteiger partial charge in [0, 0.05) is 20.2 Å². The number of anilines is 2. The molecular weight excluding hydrogens is 236 g/mol. The molecule has 0 aliphatic carbocycles. The molecule has 1 aliphatic rings. The molecule has 0 amide bonds. The van der Waals surface area contributed by atoms with Crippen LogP contribution in [0.3, 0.4) is 0 Å². The molecule has 1 unspecified atom stereocenters. The lowest BCUT2D eigenvalue weighted by molar-refractivity contribution is 0.0247. The summed E-state index contributed by atoms with van der Waals surface area (Å²) in [6.45, 7) is 1.27. The molecule has 7 nitrogen and oxygen atoms in total. The molecule has 1 aromatic rings. The van der Waals surface area contributed by atoms with Gasteiger partial charge in [-0.05, 0) is 19.3 Å². The van der Waals surface area contributed by atoms with Crippen LogP contribution in [0.1, 0.15) is 19.3 Å². The maximum absolute atomic E-state index is 11.6. The lowest BCUT2D eigenvalue weighted by Crippen LogP contribution is -2.35. The van der Waals surface area contributed by atoms with Gasteiger partial charge in [0.05, 0.1) is 6.10 Å². The van der Waals surface area contributed by atoms with Gasteiger partial charge in [-0.2, -0.15) is 0 Å². The lowest BCUT2D eigenvalue weighted by atomic mass is 10.1. The number of H-pyrrole nitrogens is 1. The highest BCUT2D eigenvalue weighted by Crippen LogP contribution is 2.14. The van der Waals surface area contributed by atoms with E-state index in [2.05, 4.69) is 10.3 Å². The van der Waals surface area contributed by atoms with E-state index in [4.69, 9.17) is 10.5 Å². The number of hydrogen-bond donors (Lipinski definition) is 3. The highest BCUT2D eigenvalue weighted by molar-refractivity contribution is 5.60. The van der Waals surface area contributed by atoms with Crippen LogP contribution in [0.4, 0.5) is 11.5 Å². The first-order valence-corrected chi connectivity index (χ1v) is 6.04. The molecule has 0 aromatic carbocycles. The van der Waals surface area contributed by atoms with E-state index in [1.54, 1.807) is 0 Å². The summed E-state index contributed by atoms with van der Waals surface area (Å²) < 4.78 is 6.75. The molecule has 0 radical (unpaired) electrons. The minimum atomic E-state index is -0.517. The van der Waals surface area contributed by atoms with Crippen LogP contribution in [-0.4, -0.2) is 28.8 Å². The third-order valence-corrected chi connectivity index (χ3v) is 3.15. The first kappa shape index (κ1) is 12.7. The van der Waals surface area contributed by atoms with Crippen LogP contribution >= 0.6 is 0 Å². The number of nitrogens with one attached hydrogen (secondary N) is 2. The fourth-order valence-corrected chi connectivity index (χ4v) is 1.99. The van der Waals surface area contributed by atoms with E-state index in [1.165, 1.54) is 11.6 Å². The standard InChI is InChI=1S/C11H18N4O3/c1-15-9(12)8(10(16)14-11(15)17)13-6-7-4-2-3-5-18-7/h7,13H,2-6,12H2,1H3,(H,14,16,17). The zero-order chi connectivity index (χ0) is 13.1. The van der Waals surface area contributed by atoms with E-state index in [0.29, 0.717) is 6.54 Å². The molecule has 0 bridgehead atoms. The van der Waals surface area contributed by atoms with Crippen LogP contribution in [0.2, 0.25) is 0 Å². The molecule has 2 heterocycles. The van der Waals surface area contributed by atoms with Crippen molar-refractivity contribution in [1.82, 2.24) is 9.55 Å². The molecule has 1 aliphatic heterocycles. The van der Waals surface area contributed by atoms with Crippen LogP contribution in [0.5, 0.6) is 0 Å². The van der Waals surface area contributed by atoms with Gasteiger partial charge in [-0.15, -0.1) is 0 Å². The Balaban J connectivity index is 2.11. The third kappa shape index (κ3) is 2.56. The second kappa shape index (κ2) is 5.26. The minimum absolute atomic E-state index is 0.0924. The van der Waals surface area contributed by atoms with Gasteiger partial charge < -0.3 is 15.8 Å². The number of nitrogen functional groups attached to an aromatic ring is 1. The van der Waals surface area contributed by atoms with Gasteiger partial charge in [-0.25, -0.2) is 4.79 Å². The highest BCUT2D eigenvalue weighted by atomic mass is 16.5. The van der Waals surface area contributed by atoms with Crippen LogP contribution in [0.25, 0.3) is 0 Å². The maximum atomic E-state index is 11.6. The number of aromatic nitrogens is 2. The van der Waals surface area contributed by atoms with E-state index in [-0.39, 0.29) is 17.6 Å². The van der Waals surface area contributed by atoms with Crippen molar-refractivity contribution in [2.75, 3.05) is 24.2 Å². The minimum Gasteiger partial charge on any atom is -0.383 e. The van der Waals surface area contributed by atoms with Crippen molar-refractivity contribution in [1.29, 1.82) is 0 Å². The summed E-state index contributed by atoms with van der Waals surface area (Å²) in [6, 6.07) is 0. The third-order valence-electron chi connectivity index (χ3n) is 3.15. The maximum Gasteiger partial charge on any atom is 0.329 e. The van der Waals surface area contributed by atoms with Crippen molar-refractivity contribution in [2.24, 2.45) is 7.05 Å². The summed E-state index contributed by atoms with van der Waals surface area (Å²) in [7, 11) is 1.51. The summed E-state index contributed by atoms with van der Waals surface area (Å²) in [5.41, 5.74) is 4.96. The molecule has 1 saturated heterocycles. The Morgan fingerprint density at radius 3 is 2.94 bits per heavy atom.